The van der Waals surface area contributed by atoms with Crippen LogP contribution in [0.1, 0.15) is 19.6 Å². The number of nitrogens with zero attached hydrogens (tertiary/aromatic N) is 2. The summed E-state index contributed by atoms with van der Waals surface area (Å²) in [5, 5.41) is 15.0. The highest BCUT2D eigenvalue weighted by atomic mass is 35.5. The predicted octanol–water partition coefficient (Wildman–Crippen LogP) is 3.71. The summed E-state index contributed by atoms with van der Waals surface area (Å²) in [5.74, 6) is 1.19. The number of hydrogen-bond acceptors (Lipinski definition) is 6. The van der Waals surface area contributed by atoms with Gasteiger partial charge in [-0.05, 0) is 38.1 Å². The minimum Gasteiger partial charge on any atom is -0.459 e. The highest BCUT2D eigenvalue weighted by Crippen LogP contribution is 2.33. The molecule has 0 amide bonds. The lowest BCUT2D eigenvalue weighted by Gasteiger charge is -2.41. The number of benzene rings is 1. The van der Waals surface area contributed by atoms with E-state index in [-0.39, 0.29) is 11.2 Å². The topological polar surface area (TPSA) is 80.8 Å². The van der Waals surface area contributed by atoms with E-state index in [1.165, 1.54) is 6.07 Å². The van der Waals surface area contributed by atoms with E-state index < -0.39 is 4.92 Å². The molecule has 1 saturated heterocycles. The number of ether oxygens (including phenoxy) is 1. The van der Waals surface area contributed by atoms with Crippen molar-refractivity contribution in [2.75, 3.05) is 32.8 Å². The maximum Gasteiger partial charge on any atom is 0.281 e. The zero-order valence-corrected chi connectivity index (χ0v) is 16.3. The van der Waals surface area contributed by atoms with Crippen molar-refractivity contribution in [1.82, 2.24) is 10.2 Å². The highest BCUT2D eigenvalue weighted by molar-refractivity contribution is 6.30. The molecule has 0 bridgehead atoms. The molecule has 7 nitrogen and oxygen atoms in total. The number of nitro benzene ring substituents is 1. The molecule has 2 aromatic rings. The Labute approximate surface area is 163 Å². The molecule has 0 aliphatic carbocycles. The van der Waals surface area contributed by atoms with Crippen LogP contribution in [0.4, 0.5) is 5.69 Å². The van der Waals surface area contributed by atoms with Crippen molar-refractivity contribution < 1.29 is 14.1 Å². The number of hydrogen-bond donors (Lipinski definition) is 1. The Morgan fingerprint density at radius 2 is 2.00 bits per heavy atom. The Kier molecular flexibility index (Phi) is 6.16. The van der Waals surface area contributed by atoms with E-state index in [1.54, 1.807) is 18.2 Å². The third-order valence-electron chi connectivity index (χ3n) is 4.81. The molecule has 1 aliphatic rings. The van der Waals surface area contributed by atoms with Crippen LogP contribution in [0, 0.1) is 10.1 Å². The fraction of sp³-hybridized carbons (Fsp3) is 0.474. The molecule has 8 heteroatoms. The molecule has 0 atom stereocenters. The van der Waals surface area contributed by atoms with Gasteiger partial charge in [0.15, 0.2) is 0 Å². The third-order valence-corrected chi connectivity index (χ3v) is 5.04. The smallest absolute Gasteiger partial charge is 0.281 e. The second kappa shape index (κ2) is 8.39. The average molecular weight is 394 g/mol. The highest BCUT2D eigenvalue weighted by Gasteiger charge is 2.27. The van der Waals surface area contributed by atoms with Gasteiger partial charge in [-0.1, -0.05) is 11.6 Å². The average Bonchev–Trinajstić information content (AvgIpc) is 3.11. The fourth-order valence-electron chi connectivity index (χ4n) is 3.25. The Morgan fingerprint density at radius 1 is 1.26 bits per heavy atom. The standard InChI is InChI=1S/C19H24ClN3O4/c1-19(2,22-7-9-26-10-8-22)13-21-12-15-4-6-18(27-15)16-5-3-14(20)11-17(16)23(24)25/h3-6,11,21H,7-10,12-13H2,1-2H3. The molecular formula is C19H24ClN3O4. The van der Waals surface area contributed by atoms with Gasteiger partial charge in [-0.3, -0.25) is 15.0 Å². The van der Waals surface area contributed by atoms with Crippen LogP contribution in [-0.2, 0) is 11.3 Å². The van der Waals surface area contributed by atoms with Crippen molar-refractivity contribution in [2.45, 2.75) is 25.9 Å². The molecule has 3 rings (SSSR count). The van der Waals surface area contributed by atoms with Crippen LogP contribution in [0.2, 0.25) is 5.02 Å². The Morgan fingerprint density at radius 3 is 2.70 bits per heavy atom. The zero-order valence-electron chi connectivity index (χ0n) is 15.5. The number of furan rings is 1. The normalized spacial score (nSPS) is 15.8. The minimum atomic E-state index is -0.452. The van der Waals surface area contributed by atoms with Gasteiger partial charge in [0.1, 0.15) is 11.5 Å². The van der Waals surface area contributed by atoms with Gasteiger partial charge in [-0.25, -0.2) is 0 Å². The lowest BCUT2D eigenvalue weighted by atomic mass is 10.0. The van der Waals surface area contributed by atoms with Crippen LogP contribution in [0.25, 0.3) is 11.3 Å². The molecule has 0 spiro atoms. The minimum absolute atomic E-state index is 0.00810. The molecule has 146 valence electrons. The SMILES string of the molecule is CC(C)(CNCc1ccc(-c2ccc(Cl)cc2[N+](=O)[O-])o1)N1CCOCC1. The number of halogens is 1. The second-order valence-corrected chi connectivity index (χ2v) is 7.64. The van der Waals surface area contributed by atoms with Crippen LogP contribution in [0.3, 0.4) is 0 Å². The van der Waals surface area contributed by atoms with E-state index in [0.29, 0.717) is 22.9 Å². The van der Waals surface area contributed by atoms with Crippen LogP contribution in [0.5, 0.6) is 0 Å². The monoisotopic (exact) mass is 393 g/mol. The van der Waals surface area contributed by atoms with E-state index in [9.17, 15) is 10.1 Å². The summed E-state index contributed by atoms with van der Waals surface area (Å²) in [6.07, 6.45) is 0. The van der Waals surface area contributed by atoms with E-state index >= 15 is 0 Å². The molecule has 1 aromatic heterocycles. The van der Waals surface area contributed by atoms with Crippen molar-refractivity contribution in [1.29, 1.82) is 0 Å². The largest absolute Gasteiger partial charge is 0.459 e. The van der Waals surface area contributed by atoms with Crippen molar-refractivity contribution in [2.24, 2.45) is 0 Å². The number of rotatable bonds is 7. The maximum atomic E-state index is 11.3. The van der Waals surface area contributed by atoms with Crippen LogP contribution < -0.4 is 5.32 Å². The first-order valence-electron chi connectivity index (χ1n) is 8.93. The maximum absolute atomic E-state index is 11.3. The van der Waals surface area contributed by atoms with Gasteiger partial charge in [0.25, 0.3) is 5.69 Å². The first-order chi connectivity index (χ1) is 12.9. The molecule has 1 aliphatic heterocycles. The summed E-state index contributed by atoms with van der Waals surface area (Å²) < 4.78 is 11.2. The molecule has 0 radical (unpaired) electrons. The lowest BCUT2D eigenvalue weighted by Crippen LogP contribution is -2.54. The van der Waals surface area contributed by atoms with Crippen LogP contribution >= 0.6 is 11.6 Å². The van der Waals surface area contributed by atoms with Crippen molar-refractivity contribution in [3.63, 3.8) is 0 Å². The number of morpholine rings is 1. The van der Waals surface area contributed by atoms with Gasteiger partial charge < -0.3 is 14.5 Å². The summed E-state index contributed by atoms with van der Waals surface area (Å²) in [5.41, 5.74) is 0.364. The molecular weight excluding hydrogens is 370 g/mol. The lowest BCUT2D eigenvalue weighted by molar-refractivity contribution is -0.384. The molecule has 2 heterocycles. The van der Waals surface area contributed by atoms with Gasteiger partial charge >= 0.3 is 0 Å². The van der Waals surface area contributed by atoms with E-state index in [0.717, 1.165) is 38.6 Å². The fourth-order valence-corrected chi connectivity index (χ4v) is 3.42. The van der Waals surface area contributed by atoms with Gasteiger partial charge in [0.2, 0.25) is 0 Å². The first kappa shape index (κ1) is 19.8. The zero-order chi connectivity index (χ0) is 19.4. The molecule has 0 unspecified atom stereocenters. The summed E-state index contributed by atoms with van der Waals surface area (Å²) in [6, 6.07) is 8.15. The summed E-state index contributed by atoms with van der Waals surface area (Å²) in [4.78, 5) is 13.2. The van der Waals surface area contributed by atoms with Crippen LogP contribution in [-0.4, -0.2) is 48.2 Å². The quantitative estimate of drug-likeness (QED) is 0.570. The molecule has 1 fully saturated rings. The van der Waals surface area contributed by atoms with Gasteiger partial charge in [-0.15, -0.1) is 0 Å². The summed E-state index contributed by atoms with van der Waals surface area (Å²) in [6.45, 7) is 9.15. The first-order valence-corrected chi connectivity index (χ1v) is 9.31. The van der Waals surface area contributed by atoms with Crippen molar-refractivity contribution >= 4 is 17.3 Å². The van der Waals surface area contributed by atoms with Gasteiger partial charge in [-0.2, -0.15) is 0 Å². The third kappa shape index (κ3) is 4.87. The van der Waals surface area contributed by atoms with E-state index in [1.807, 2.05) is 6.07 Å². The van der Waals surface area contributed by atoms with E-state index in [2.05, 4.69) is 24.1 Å². The molecule has 1 aromatic carbocycles. The van der Waals surface area contributed by atoms with Crippen LogP contribution in [0.15, 0.2) is 34.7 Å². The Bertz CT molecular complexity index is 800. The van der Waals surface area contributed by atoms with Gasteiger partial charge in [0, 0.05) is 36.3 Å². The van der Waals surface area contributed by atoms with E-state index in [4.69, 9.17) is 20.8 Å². The molecule has 27 heavy (non-hydrogen) atoms. The second-order valence-electron chi connectivity index (χ2n) is 7.20. The van der Waals surface area contributed by atoms with Crippen molar-refractivity contribution in [3.05, 3.63) is 51.2 Å². The predicted molar refractivity (Wildman–Crippen MR) is 104 cm³/mol. The molecule has 0 saturated carbocycles. The molecule has 1 N–H and O–H groups in total. The Hall–Kier alpha value is -1.93. The number of nitrogens with one attached hydrogen (secondary N) is 1. The Balaban J connectivity index is 1.62. The number of nitro groups is 1. The van der Waals surface area contributed by atoms with Gasteiger partial charge in [0.05, 0.1) is 30.2 Å². The summed E-state index contributed by atoms with van der Waals surface area (Å²) in [7, 11) is 0. The summed E-state index contributed by atoms with van der Waals surface area (Å²) >= 11 is 5.87. The van der Waals surface area contributed by atoms with Crippen molar-refractivity contribution in [3.8, 4) is 11.3 Å².